The molecule has 2 N–H and O–H groups in total. The fourth-order valence-corrected chi connectivity index (χ4v) is 3.68. The van der Waals surface area contributed by atoms with Gasteiger partial charge in [-0.05, 0) is 43.4 Å². The SMILES string of the molecule is CCN1CCN(C(C)CNC(=NC)NCCCc2ccc(C(C)C)cc2)CC1. The molecular formula is C23H41N5. The quantitative estimate of drug-likeness (QED) is 0.388. The van der Waals surface area contributed by atoms with Crippen molar-refractivity contribution in [1.82, 2.24) is 20.4 Å². The van der Waals surface area contributed by atoms with Gasteiger partial charge in [-0.3, -0.25) is 9.89 Å². The van der Waals surface area contributed by atoms with Gasteiger partial charge in [0.2, 0.25) is 0 Å². The summed E-state index contributed by atoms with van der Waals surface area (Å²) in [6.07, 6.45) is 2.21. The number of piperazine rings is 1. The number of rotatable bonds is 9. The Kier molecular flexibility index (Phi) is 9.79. The van der Waals surface area contributed by atoms with E-state index in [1.165, 1.54) is 30.8 Å². The molecule has 0 aliphatic carbocycles. The highest BCUT2D eigenvalue weighted by Crippen LogP contribution is 2.15. The first-order valence-electron chi connectivity index (χ1n) is 11.0. The number of hydrogen-bond donors (Lipinski definition) is 2. The van der Waals surface area contributed by atoms with Gasteiger partial charge in [0, 0.05) is 52.4 Å². The van der Waals surface area contributed by atoms with Crippen LogP contribution in [0.3, 0.4) is 0 Å². The minimum absolute atomic E-state index is 0.525. The zero-order chi connectivity index (χ0) is 20.4. The van der Waals surface area contributed by atoms with Gasteiger partial charge in [0.1, 0.15) is 0 Å². The summed E-state index contributed by atoms with van der Waals surface area (Å²) in [7, 11) is 1.85. The van der Waals surface area contributed by atoms with Crippen LogP contribution in [0.4, 0.5) is 0 Å². The maximum absolute atomic E-state index is 4.37. The van der Waals surface area contributed by atoms with E-state index in [9.17, 15) is 0 Å². The van der Waals surface area contributed by atoms with Gasteiger partial charge in [-0.2, -0.15) is 0 Å². The second-order valence-electron chi connectivity index (χ2n) is 8.20. The lowest BCUT2D eigenvalue weighted by molar-refractivity contribution is 0.107. The van der Waals surface area contributed by atoms with Crippen LogP contribution in [0, 0.1) is 0 Å². The molecule has 0 spiro atoms. The second kappa shape index (κ2) is 12.1. The zero-order valence-electron chi connectivity index (χ0n) is 18.7. The standard InChI is InChI=1S/C23H41N5/c1-6-27-14-16-28(17-15-27)20(4)18-26-23(24-5)25-13-7-8-21-9-11-22(12-10-21)19(2)3/h9-12,19-20H,6-8,13-18H2,1-5H3,(H2,24,25,26). The second-order valence-corrected chi connectivity index (χ2v) is 8.20. The van der Waals surface area contributed by atoms with Gasteiger partial charge < -0.3 is 15.5 Å². The van der Waals surface area contributed by atoms with Crippen molar-refractivity contribution in [2.75, 3.05) is 52.9 Å². The molecular weight excluding hydrogens is 346 g/mol. The van der Waals surface area contributed by atoms with Crippen molar-refractivity contribution in [3.05, 3.63) is 35.4 Å². The van der Waals surface area contributed by atoms with Gasteiger partial charge in [0.05, 0.1) is 0 Å². The van der Waals surface area contributed by atoms with Crippen molar-refractivity contribution in [2.24, 2.45) is 4.99 Å². The first-order valence-corrected chi connectivity index (χ1v) is 11.0. The Hall–Kier alpha value is -1.59. The third-order valence-corrected chi connectivity index (χ3v) is 5.85. The third-order valence-electron chi connectivity index (χ3n) is 5.85. The molecule has 1 aromatic carbocycles. The first-order chi connectivity index (χ1) is 13.5. The molecule has 28 heavy (non-hydrogen) atoms. The number of benzene rings is 1. The van der Waals surface area contributed by atoms with Gasteiger partial charge in [-0.1, -0.05) is 45.0 Å². The summed E-state index contributed by atoms with van der Waals surface area (Å²) in [5, 5.41) is 6.95. The minimum atomic E-state index is 0.525. The Bertz CT molecular complexity index is 573. The lowest BCUT2D eigenvalue weighted by atomic mass is 10.0. The normalized spacial score (nSPS) is 17.7. The van der Waals surface area contributed by atoms with Crippen LogP contribution in [0.2, 0.25) is 0 Å². The van der Waals surface area contributed by atoms with Crippen molar-refractivity contribution in [2.45, 2.75) is 52.5 Å². The number of hydrogen-bond acceptors (Lipinski definition) is 3. The van der Waals surface area contributed by atoms with E-state index in [-0.39, 0.29) is 0 Å². The molecule has 1 saturated heterocycles. The van der Waals surface area contributed by atoms with Gasteiger partial charge in [0.15, 0.2) is 5.96 Å². The Balaban J connectivity index is 1.63. The molecule has 0 amide bonds. The Morgan fingerprint density at radius 2 is 1.71 bits per heavy atom. The maximum atomic E-state index is 4.37. The predicted molar refractivity (Wildman–Crippen MR) is 121 cm³/mol. The Morgan fingerprint density at radius 1 is 1.04 bits per heavy atom. The molecule has 0 radical (unpaired) electrons. The van der Waals surface area contributed by atoms with E-state index in [2.05, 4.69) is 77.4 Å². The molecule has 0 bridgehead atoms. The molecule has 0 saturated carbocycles. The molecule has 5 nitrogen and oxygen atoms in total. The molecule has 1 fully saturated rings. The monoisotopic (exact) mass is 387 g/mol. The average molecular weight is 388 g/mol. The summed E-state index contributed by atoms with van der Waals surface area (Å²) in [5.74, 6) is 1.51. The smallest absolute Gasteiger partial charge is 0.191 e. The third kappa shape index (κ3) is 7.44. The maximum Gasteiger partial charge on any atom is 0.191 e. The van der Waals surface area contributed by atoms with Crippen molar-refractivity contribution < 1.29 is 0 Å². The number of guanidine groups is 1. The summed E-state index contributed by atoms with van der Waals surface area (Å²) < 4.78 is 0. The molecule has 1 heterocycles. The molecule has 1 aromatic rings. The lowest BCUT2D eigenvalue weighted by Gasteiger charge is -2.37. The van der Waals surface area contributed by atoms with Gasteiger partial charge in [-0.15, -0.1) is 0 Å². The fourth-order valence-electron chi connectivity index (χ4n) is 3.68. The first kappa shape index (κ1) is 22.7. The van der Waals surface area contributed by atoms with Crippen molar-refractivity contribution in [3.8, 4) is 0 Å². The van der Waals surface area contributed by atoms with E-state index in [0.29, 0.717) is 12.0 Å². The average Bonchev–Trinajstić information content (AvgIpc) is 2.73. The van der Waals surface area contributed by atoms with Crippen LogP contribution >= 0.6 is 0 Å². The largest absolute Gasteiger partial charge is 0.356 e. The molecule has 158 valence electrons. The van der Waals surface area contributed by atoms with Crippen LogP contribution < -0.4 is 10.6 Å². The number of nitrogens with zero attached hydrogens (tertiary/aromatic N) is 3. The van der Waals surface area contributed by atoms with Crippen molar-refractivity contribution >= 4 is 5.96 Å². The Morgan fingerprint density at radius 3 is 2.29 bits per heavy atom. The number of aryl methyl sites for hydroxylation is 1. The van der Waals surface area contributed by atoms with E-state index in [1.54, 1.807) is 0 Å². The molecule has 1 aliphatic rings. The van der Waals surface area contributed by atoms with Crippen LogP contribution in [0.1, 0.15) is 51.2 Å². The predicted octanol–water partition coefficient (Wildman–Crippen LogP) is 2.93. The topological polar surface area (TPSA) is 42.9 Å². The van der Waals surface area contributed by atoms with E-state index < -0.39 is 0 Å². The van der Waals surface area contributed by atoms with Crippen molar-refractivity contribution in [3.63, 3.8) is 0 Å². The summed E-state index contributed by atoms with van der Waals surface area (Å²) in [6.45, 7) is 16.8. The van der Waals surface area contributed by atoms with Crippen LogP contribution in [0.5, 0.6) is 0 Å². The molecule has 1 aliphatic heterocycles. The van der Waals surface area contributed by atoms with Crippen LogP contribution in [-0.4, -0.2) is 74.7 Å². The highest BCUT2D eigenvalue weighted by molar-refractivity contribution is 5.79. The lowest BCUT2D eigenvalue weighted by Crippen LogP contribution is -2.53. The van der Waals surface area contributed by atoms with Gasteiger partial charge in [-0.25, -0.2) is 0 Å². The number of likely N-dealkylation sites (N-methyl/N-ethyl adjacent to an activating group) is 1. The fraction of sp³-hybridized carbons (Fsp3) is 0.696. The zero-order valence-corrected chi connectivity index (χ0v) is 18.7. The number of nitrogens with one attached hydrogen (secondary N) is 2. The minimum Gasteiger partial charge on any atom is -0.356 e. The molecule has 1 unspecified atom stereocenters. The van der Waals surface area contributed by atoms with Crippen LogP contribution in [0.15, 0.2) is 29.3 Å². The highest BCUT2D eigenvalue weighted by Gasteiger charge is 2.20. The van der Waals surface area contributed by atoms with E-state index in [4.69, 9.17) is 0 Å². The van der Waals surface area contributed by atoms with E-state index in [1.807, 2.05) is 7.05 Å². The van der Waals surface area contributed by atoms with Crippen molar-refractivity contribution in [1.29, 1.82) is 0 Å². The van der Waals surface area contributed by atoms with Crippen LogP contribution in [0.25, 0.3) is 0 Å². The molecule has 1 atom stereocenters. The summed E-state index contributed by atoms with van der Waals surface area (Å²) in [4.78, 5) is 9.47. The highest BCUT2D eigenvalue weighted by atomic mass is 15.3. The van der Waals surface area contributed by atoms with Gasteiger partial charge >= 0.3 is 0 Å². The van der Waals surface area contributed by atoms with E-state index in [0.717, 1.165) is 45.0 Å². The molecule has 0 aromatic heterocycles. The van der Waals surface area contributed by atoms with Crippen LogP contribution in [-0.2, 0) is 6.42 Å². The van der Waals surface area contributed by atoms with Gasteiger partial charge in [0.25, 0.3) is 0 Å². The molecule has 2 rings (SSSR count). The summed E-state index contributed by atoms with van der Waals surface area (Å²) >= 11 is 0. The molecule has 5 heteroatoms. The number of aliphatic imine (C=N–C) groups is 1. The summed E-state index contributed by atoms with van der Waals surface area (Å²) in [6, 6.07) is 9.58. The summed E-state index contributed by atoms with van der Waals surface area (Å²) in [5.41, 5.74) is 2.82. The Labute approximate surface area is 172 Å². The van der Waals surface area contributed by atoms with E-state index >= 15 is 0 Å².